The molecule has 1 aliphatic heterocycles. The van der Waals surface area contributed by atoms with Gasteiger partial charge < -0.3 is 11.1 Å². The van der Waals surface area contributed by atoms with Gasteiger partial charge in [0.2, 0.25) is 5.91 Å². The molecule has 1 fully saturated rings. The van der Waals surface area contributed by atoms with E-state index in [1.165, 1.54) is 0 Å². The zero-order valence-electron chi connectivity index (χ0n) is 13.2. The summed E-state index contributed by atoms with van der Waals surface area (Å²) in [6.07, 6.45) is 1.94. The van der Waals surface area contributed by atoms with Crippen LogP contribution in [0.15, 0.2) is 29.2 Å². The number of halogens is 2. The van der Waals surface area contributed by atoms with Gasteiger partial charge in [0.15, 0.2) is 0 Å². The predicted octanol–water partition coefficient (Wildman–Crippen LogP) is 2.60. The van der Waals surface area contributed by atoms with E-state index in [-0.39, 0.29) is 11.9 Å². The molecule has 4 nitrogen and oxygen atoms in total. The molecule has 2 rings (SSSR count). The van der Waals surface area contributed by atoms with E-state index in [4.69, 9.17) is 5.73 Å². The topological polar surface area (TPSA) is 58.4 Å². The first-order valence-electron chi connectivity index (χ1n) is 7.75. The summed E-state index contributed by atoms with van der Waals surface area (Å²) in [5.41, 5.74) is 6.30. The molecule has 23 heavy (non-hydrogen) atoms. The van der Waals surface area contributed by atoms with E-state index in [1.807, 2.05) is 12.1 Å². The minimum Gasteiger partial charge on any atom is -0.369 e. The molecule has 1 aliphatic rings. The monoisotopic (exact) mass is 343 g/mol. The normalized spacial score (nSPS) is 18.3. The summed E-state index contributed by atoms with van der Waals surface area (Å²) in [5, 5.41) is 3.57. The Morgan fingerprint density at radius 3 is 2.48 bits per heavy atom. The van der Waals surface area contributed by atoms with Gasteiger partial charge in [-0.25, -0.2) is 0 Å². The van der Waals surface area contributed by atoms with Crippen LogP contribution in [0.4, 0.5) is 8.78 Å². The number of alkyl halides is 2. The minimum atomic E-state index is -2.39. The average Bonchev–Trinajstić information content (AvgIpc) is 2.49. The molecule has 1 atom stereocenters. The molecular formula is C16H23F2N3OS. The van der Waals surface area contributed by atoms with Gasteiger partial charge in [-0.3, -0.25) is 9.69 Å². The van der Waals surface area contributed by atoms with Crippen molar-refractivity contribution in [3.63, 3.8) is 0 Å². The van der Waals surface area contributed by atoms with Crippen LogP contribution in [0.2, 0.25) is 0 Å². The number of nitrogens with one attached hydrogen (secondary N) is 1. The number of carbonyl (C=O) groups is 1. The zero-order valence-corrected chi connectivity index (χ0v) is 14.0. The third-order valence-corrected chi connectivity index (χ3v) is 4.78. The summed E-state index contributed by atoms with van der Waals surface area (Å²) >= 11 is 0.563. The highest BCUT2D eigenvalue weighted by molar-refractivity contribution is 7.99. The van der Waals surface area contributed by atoms with Crippen molar-refractivity contribution in [2.75, 3.05) is 19.6 Å². The van der Waals surface area contributed by atoms with Gasteiger partial charge >= 0.3 is 0 Å². The Hall–Kier alpha value is -1.18. The maximum Gasteiger partial charge on any atom is 0.288 e. The number of thioether (sulfide) groups is 1. The standard InChI is InChI=1S/C16H23F2N3OS/c1-11(12-2-4-14(5-3-12)23-16(17)18)20-13-6-8-21(9-7-13)10-15(19)22/h2-5,11,13,16,20H,6-10H2,1H3,(H2,19,22)/t11-/m0/s1. The highest BCUT2D eigenvalue weighted by Crippen LogP contribution is 2.26. The Morgan fingerprint density at radius 2 is 1.96 bits per heavy atom. The molecule has 0 aromatic heterocycles. The molecule has 1 heterocycles. The van der Waals surface area contributed by atoms with Crippen molar-refractivity contribution < 1.29 is 13.6 Å². The van der Waals surface area contributed by atoms with Crippen LogP contribution in [0, 0.1) is 0 Å². The van der Waals surface area contributed by atoms with Gasteiger partial charge in [-0.1, -0.05) is 23.9 Å². The molecule has 3 N–H and O–H groups in total. The van der Waals surface area contributed by atoms with Crippen LogP contribution >= 0.6 is 11.8 Å². The van der Waals surface area contributed by atoms with Gasteiger partial charge in [0.1, 0.15) is 0 Å². The number of hydrogen-bond acceptors (Lipinski definition) is 4. The van der Waals surface area contributed by atoms with Crippen LogP contribution in [0.5, 0.6) is 0 Å². The first-order valence-corrected chi connectivity index (χ1v) is 8.63. The van der Waals surface area contributed by atoms with Crippen molar-refractivity contribution >= 4 is 17.7 Å². The Bertz CT molecular complexity index is 505. The highest BCUT2D eigenvalue weighted by Gasteiger charge is 2.21. The minimum absolute atomic E-state index is 0.160. The van der Waals surface area contributed by atoms with Gasteiger partial charge in [0.25, 0.3) is 5.76 Å². The molecule has 1 aromatic carbocycles. The van der Waals surface area contributed by atoms with Crippen LogP contribution in [-0.4, -0.2) is 42.2 Å². The van der Waals surface area contributed by atoms with Crippen LogP contribution < -0.4 is 11.1 Å². The van der Waals surface area contributed by atoms with Crippen molar-refractivity contribution in [2.24, 2.45) is 5.73 Å². The number of rotatable bonds is 7. The van der Waals surface area contributed by atoms with Crippen molar-refractivity contribution in [3.8, 4) is 0 Å². The van der Waals surface area contributed by atoms with E-state index in [2.05, 4.69) is 17.1 Å². The molecule has 0 spiro atoms. The number of benzene rings is 1. The summed E-state index contributed by atoms with van der Waals surface area (Å²) in [4.78, 5) is 13.6. The third kappa shape index (κ3) is 6.08. The fourth-order valence-corrected chi connectivity index (χ4v) is 3.36. The number of likely N-dealkylation sites (tertiary alicyclic amines) is 1. The second kappa shape index (κ2) is 8.61. The van der Waals surface area contributed by atoms with Gasteiger partial charge in [0, 0.05) is 30.1 Å². The Balaban J connectivity index is 1.80. The van der Waals surface area contributed by atoms with E-state index in [9.17, 15) is 13.6 Å². The lowest BCUT2D eigenvalue weighted by molar-refractivity contribution is -0.119. The quantitative estimate of drug-likeness (QED) is 0.747. The molecule has 7 heteroatoms. The first kappa shape index (κ1) is 18.2. The predicted molar refractivity (Wildman–Crippen MR) is 88.5 cm³/mol. The average molecular weight is 343 g/mol. The third-order valence-electron chi connectivity index (χ3n) is 4.06. The number of amides is 1. The lowest BCUT2D eigenvalue weighted by Gasteiger charge is -2.33. The molecule has 128 valence electrons. The largest absolute Gasteiger partial charge is 0.369 e. The lowest BCUT2D eigenvalue weighted by atomic mass is 10.0. The van der Waals surface area contributed by atoms with Gasteiger partial charge in [-0.2, -0.15) is 8.78 Å². The molecule has 1 aromatic rings. The number of piperidine rings is 1. The maximum atomic E-state index is 12.3. The number of carbonyl (C=O) groups excluding carboxylic acids is 1. The molecule has 1 saturated heterocycles. The van der Waals surface area contributed by atoms with E-state index < -0.39 is 5.76 Å². The molecular weight excluding hydrogens is 320 g/mol. The Morgan fingerprint density at radius 1 is 1.35 bits per heavy atom. The number of nitrogens with two attached hydrogens (primary N) is 1. The Labute approximate surface area is 139 Å². The van der Waals surface area contributed by atoms with E-state index in [0.29, 0.717) is 29.2 Å². The van der Waals surface area contributed by atoms with Crippen molar-refractivity contribution in [1.82, 2.24) is 10.2 Å². The number of primary amides is 1. The zero-order chi connectivity index (χ0) is 16.8. The second-order valence-electron chi connectivity index (χ2n) is 5.85. The molecule has 1 amide bonds. The van der Waals surface area contributed by atoms with Crippen molar-refractivity contribution in [2.45, 2.75) is 42.5 Å². The number of hydrogen-bond donors (Lipinski definition) is 2. The molecule has 0 saturated carbocycles. The second-order valence-corrected chi connectivity index (χ2v) is 6.92. The van der Waals surface area contributed by atoms with Gasteiger partial charge in [-0.15, -0.1) is 0 Å². The van der Waals surface area contributed by atoms with Crippen molar-refractivity contribution in [3.05, 3.63) is 29.8 Å². The van der Waals surface area contributed by atoms with Crippen LogP contribution in [-0.2, 0) is 4.79 Å². The SMILES string of the molecule is C[C@H](NC1CCN(CC(N)=O)CC1)c1ccc(SC(F)F)cc1. The van der Waals surface area contributed by atoms with E-state index >= 15 is 0 Å². The fourth-order valence-electron chi connectivity index (χ4n) is 2.87. The molecule has 0 radical (unpaired) electrons. The van der Waals surface area contributed by atoms with Crippen LogP contribution in [0.3, 0.4) is 0 Å². The lowest BCUT2D eigenvalue weighted by Crippen LogP contribution is -2.45. The highest BCUT2D eigenvalue weighted by atomic mass is 32.2. The van der Waals surface area contributed by atoms with E-state index in [1.54, 1.807) is 12.1 Å². The maximum absolute atomic E-state index is 12.3. The summed E-state index contributed by atoms with van der Waals surface area (Å²) in [7, 11) is 0. The first-order chi connectivity index (χ1) is 10.9. The van der Waals surface area contributed by atoms with Gasteiger partial charge in [0.05, 0.1) is 6.54 Å². The Kier molecular flexibility index (Phi) is 6.80. The number of nitrogens with zero attached hydrogens (tertiary/aromatic N) is 1. The fraction of sp³-hybridized carbons (Fsp3) is 0.562. The van der Waals surface area contributed by atoms with E-state index in [0.717, 1.165) is 31.5 Å². The van der Waals surface area contributed by atoms with Crippen molar-refractivity contribution in [1.29, 1.82) is 0 Å². The summed E-state index contributed by atoms with van der Waals surface area (Å²) < 4.78 is 24.6. The summed E-state index contributed by atoms with van der Waals surface area (Å²) in [5.74, 6) is -2.67. The summed E-state index contributed by atoms with van der Waals surface area (Å²) in [6, 6.07) is 7.81. The molecule has 0 unspecified atom stereocenters. The van der Waals surface area contributed by atoms with Crippen LogP contribution in [0.1, 0.15) is 31.4 Å². The smallest absolute Gasteiger partial charge is 0.288 e. The summed E-state index contributed by atoms with van der Waals surface area (Å²) in [6.45, 7) is 4.12. The molecule has 0 aliphatic carbocycles. The van der Waals surface area contributed by atoms with Crippen LogP contribution in [0.25, 0.3) is 0 Å². The van der Waals surface area contributed by atoms with Gasteiger partial charge in [-0.05, 0) is 37.5 Å². The molecule has 0 bridgehead atoms.